The molecule has 1 aromatic rings. The zero-order valence-corrected chi connectivity index (χ0v) is 13.0. The van der Waals surface area contributed by atoms with Crippen LogP contribution in [0.1, 0.15) is 13.3 Å². The second-order valence-corrected chi connectivity index (χ2v) is 5.80. The van der Waals surface area contributed by atoms with E-state index in [0.717, 1.165) is 0 Å². The molecule has 7 heteroatoms. The molecule has 0 bridgehead atoms. The summed E-state index contributed by atoms with van der Waals surface area (Å²) < 4.78 is 18.9. The number of hydrogen-bond donors (Lipinski definition) is 1. The number of halogens is 2. The summed E-state index contributed by atoms with van der Waals surface area (Å²) in [5.74, 6) is -1.71. The van der Waals surface area contributed by atoms with Gasteiger partial charge < -0.3 is 14.7 Å². The Hall–Kier alpha value is -1.63. The highest BCUT2D eigenvalue weighted by Gasteiger charge is 2.33. The molecular weight excluding hydrogens is 345 g/mol. The predicted molar refractivity (Wildman–Crippen MR) is 76.5 cm³/mol. The highest BCUT2D eigenvalue weighted by Crippen LogP contribution is 2.27. The Morgan fingerprint density at radius 3 is 2.81 bits per heavy atom. The van der Waals surface area contributed by atoms with Gasteiger partial charge >= 0.3 is 5.97 Å². The van der Waals surface area contributed by atoms with Gasteiger partial charge in [-0.05, 0) is 47.5 Å². The lowest BCUT2D eigenvalue weighted by Gasteiger charge is -2.22. The molecule has 1 saturated heterocycles. The second kappa shape index (κ2) is 6.43. The van der Waals surface area contributed by atoms with E-state index in [0.29, 0.717) is 23.2 Å². The molecule has 1 aromatic carbocycles. The summed E-state index contributed by atoms with van der Waals surface area (Å²) in [4.78, 5) is 24.6. The number of carboxylic acids is 1. The largest absolute Gasteiger partial charge is 0.481 e. The van der Waals surface area contributed by atoms with Gasteiger partial charge in [-0.15, -0.1) is 0 Å². The Morgan fingerprint density at radius 2 is 2.24 bits per heavy atom. The van der Waals surface area contributed by atoms with Crippen LogP contribution in [0.4, 0.5) is 4.39 Å². The highest BCUT2D eigenvalue weighted by atomic mass is 79.9. The van der Waals surface area contributed by atoms with Crippen LogP contribution in [0.2, 0.25) is 0 Å². The van der Waals surface area contributed by atoms with E-state index >= 15 is 0 Å². The summed E-state index contributed by atoms with van der Waals surface area (Å²) in [6.07, 6.45) is -0.312. The van der Waals surface area contributed by atoms with Crippen molar-refractivity contribution in [2.45, 2.75) is 19.4 Å². The summed E-state index contributed by atoms with van der Waals surface area (Å²) in [5, 5.41) is 8.94. The molecule has 0 spiro atoms. The molecule has 0 saturated carbocycles. The standard InChI is InChI=1S/C14H15BrFNO4/c1-8(21-12-3-2-10(16)6-11(12)15)13(18)17-5-4-9(7-17)14(19)20/h2-3,6,8-9H,4-5,7H2,1H3,(H,19,20). The number of carboxylic acid groups (broad SMARTS) is 1. The van der Waals surface area contributed by atoms with Gasteiger partial charge in [0.1, 0.15) is 11.6 Å². The molecule has 5 nitrogen and oxygen atoms in total. The average Bonchev–Trinajstić information content (AvgIpc) is 2.90. The minimum Gasteiger partial charge on any atom is -0.481 e. The first-order valence-electron chi connectivity index (χ1n) is 6.51. The van der Waals surface area contributed by atoms with Crippen molar-refractivity contribution in [2.24, 2.45) is 5.92 Å². The maximum Gasteiger partial charge on any atom is 0.308 e. The van der Waals surface area contributed by atoms with Crippen LogP contribution in [0, 0.1) is 11.7 Å². The highest BCUT2D eigenvalue weighted by molar-refractivity contribution is 9.10. The average molecular weight is 360 g/mol. The van der Waals surface area contributed by atoms with Crippen LogP contribution >= 0.6 is 15.9 Å². The van der Waals surface area contributed by atoms with Gasteiger partial charge in [0.2, 0.25) is 0 Å². The fraction of sp³-hybridized carbons (Fsp3) is 0.429. The fourth-order valence-corrected chi connectivity index (χ4v) is 2.68. The molecule has 114 valence electrons. The van der Waals surface area contributed by atoms with E-state index in [9.17, 15) is 14.0 Å². The lowest BCUT2D eigenvalue weighted by Crippen LogP contribution is -2.39. The third kappa shape index (κ3) is 3.72. The van der Waals surface area contributed by atoms with Crippen LogP contribution in [0.25, 0.3) is 0 Å². The summed E-state index contributed by atoms with van der Waals surface area (Å²) in [6, 6.07) is 3.93. The lowest BCUT2D eigenvalue weighted by molar-refractivity contribution is -0.142. The number of rotatable bonds is 4. The number of carbonyl (C=O) groups excluding carboxylic acids is 1. The van der Waals surface area contributed by atoms with E-state index in [1.54, 1.807) is 6.92 Å². The monoisotopic (exact) mass is 359 g/mol. The van der Waals surface area contributed by atoms with Crippen LogP contribution < -0.4 is 4.74 Å². The van der Waals surface area contributed by atoms with Gasteiger partial charge in [0.25, 0.3) is 5.91 Å². The number of amides is 1. The van der Waals surface area contributed by atoms with Crippen molar-refractivity contribution < 1.29 is 23.8 Å². The van der Waals surface area contributed by atoms with E-state index < -0.39 is 23.8 Å². The molecule has 2 rings (SSSR count). The maximum atomic E-state index is 13.0. The maximum absolute atomic E-state index is 13.0. The van der Waals surface area contributed by atoms with Crippen LogP contribution in [0.15, 0.2) is 22.7 Å². The molecule has 1 amide bonds. The molecular formula is C14H15BrFNO4. The van der Waals surface area contributed by atoms with Gasteiger partial charge in [-0.3, -0.25) is 9.59 Å². The first-order chi connectivity index (χ1) is 9.88. The smallest absolute Gasteiger partial charge is 0.308 e. The van der Waals surface area contributed by atoms with Gasteiger partial charge in [0, 0.05) is 13.1 Å². The van der Waals surface area contributed by atoms with E-state index in [4.69, 9.17) is 9.84 Å². The van der Waals surface area contributed by atoms with Crippen LogP contribution in [-0.4, -0.2) is 41.1 Å². The van der Waals surface area contributed by atoms with Gasteiger partial charge in [0.15, 0.2) is 6.10 Å². The van der Waals surface area contributed by atoms with E-state index in [1.807, 2.05) is 0 Å². The van der Waals surface area contributed by atoms with Crippen molar-refractivity contribution in [1.29, 1.82) is 0 Å². The molecule has 0 aromatic heterocycles. The minimum absolute atomic E-state index is 0.201. The number of likely N-dealkylation sites (tertiary alicyclic amines) is 1. The fourth-order valence-electron chi connectivity index (χ4n) is 2.23. The second-order valence-electron chi connectivity index (χ2n) is 4.94. The van der Waals surface area contributed by atoms with Crippen LogP contribution in [0.5, 0.6) is 5.75 Å². The minimum atomic E-state index is -0.889. The molecule has 1 heterocycles. The molecule has 21 heavy (non-hydrogen) atoms. The Morgan fingerprint density at radius 1 is 1.52 bits per heavy atom. The summed E-state index contributed by atoms with van der Waals surface area (Å²) in [7, 11) is 0. The molecule has 0 radical (unpaired) electrons. The zero-order valence-electron chi connectivity index (χ0n) is 11.4. The van der Waals surface area contributed by atoms with Crippen molar-refractivity contribution >= 4 is 27.8 Å². The number of carbonyl (C=O) groups is 2. The third-order valence-corrected chi connectivity index (χ3v) is 4.01. The molecule has 0 aliphatic carbocycles. The van der Waals surface area contributed by atoms with E-state index in [2.05, 4.69) is 15.9 Å². The van der Waals surface area contributed by atoms with Crippen LogP contribution in [-0.2, 0) is 9.59 Å². The molecule has 1 aliphatic heterocycles. The zero-order chi connectivity index (χ0) is 15.6. The lowest BCUT2D eigenvalue weighted by atomic mass is 10.1. The summed E-state index contributed by atoms with van der Waals surface area (Å²) >= 11 is 3.17. The predicted octanol–water partition coefficient (Wildman–Crippen LogP) is 2.29. The van der Waals surface area contributed by atoms with Crippen molar-refractivity contribution in [3.63, 3.8) is 0 Å². The number of ether oxygens (including phenoxy) is 1. The Kier molecular flexibility index (Phi) is 4.82. The summed E-state index contributed by atoms with van der Waals surface area (Å²) in [6.45, 7) is 2.20. The van der Waals surface area contributed by atoms with Gasteiger partial charge in [-0.2, -0.15) is 0 Å². The molecule has 1 fully saturated rings. The van der Waals surface area contributed by atoms with Gasteiger partial charge in [-0.1, -0.05) is 0 Å². The van der Waals surface area contributed by atoms with E-state index in [-0.39, 0.29) is 12.5 Å². The Bertz CT molecular complexity index is 566. The Labute approximate surface area is 129 Å². The van der Waals surface area contributed by atoms with Crippen molar-refractivity contribution in [1.82, 2.24) is 4.90 Å². The van der Waals surface area contributed by atoms with Crippen molar-refractivity contribution in [3.8, 4) is 5.75 Å². The van der Waals surface area contributed by atoms with E-state index in [1.165, 1.54) is 23.1 Å². The molecule has 1 aliphatic rings. The van der Waals surface area contributed by atoms with Crippen molar-refractivity contribution in [2.75, 3.05) is 13.1 Å². The number of aliphatic carboxylic acids is 1. The summed E-state index contributed by atoms with van der Waals surface area (Å²) in [5.41, 5.74) is 0. The first-order valence-corrected chi connectivity index (χ1v) is 7.31. The SMILES string of the molecule is CC(Oc1ccc(F)cc1Br)C(=O)N1CCC(C(=O)O)C1. The number of benzene rings is 1. The topological polar surface area (TPSA) is 66.8 Å². The van der Waals surface area contributed by atoms with Gasteiger partial charge in [-0.25, -0.2) is 4.39 Å². The normalized spacial score (nSPS) is 19.4. The van der Waals surface area contributed by atoms with Crippen LogP contribution in [0.3, 0.4) is 0 Å². The molecule has 1 N–H and O–H groups in total. The van der Waals surface area contributed by atoms with Crippen molar-refractivity contribution in [3.05, 3.63) is 28.5 Å². The Balaban J connectivity index is 1.98. The van der Waals surface area contributed by atoms with Gasteiger partial charge in [0.05, 0.1) is 10.4 Å². The molecule has 2 atom stereocenters. The third-order valence-electron chi connectivity index (χ3n) is 3.39. The quantitative estimate of drug-likeness (QED) is 0.895. The first kappa shape index (κ1) is 15.8. The number of hydrogen-bond acceptors (Lipinski definition) is 3. The molecule has 2 unspecified atom stereocenters. The number of nitrogens with zero attached hydrogens (tertiary/aromatic N) is 1.